The van der Waals surface area contributed by atoms with Gasteiger partial charge in [-0.15, -0.1) is 0 Å². The minimum atomic E-state index is -0.0896. The number of nitrogens with two attached hydrogens (primary N) is 1. The SMILES string of the molecule is CC(C)CSC1(CN)CC(O)C1. The van der Waals surface area contributed by atoms with Crippen LogP contribution in [0, 0.1) is 5.92 Å². The largest absolute Gasteiger partial charge is 0.393 e. The summed E-state index contributed by atoms with van der Waals surface area (Å²) in [6.45, 7) is 5.14. The lowest BCUT2D eigenvalue weighted by atomic mass is 9.81. The highest BCUT2D eigenvalue weighted by Crippen LogP contribution is 2.43. The predicted octanol–water partition coefficient (Wildman–Crippen LogP) is 1.23. The summed E-state index contributed by atoms with van der Waals surface area (Å²) in [5.74, 6) is 1.88. The third-order valence-electron chi connectivity index (χ3n) is 2.31. The van der Waals surface area contributed by atoms with Gasteiger partial charge in [-0.3, -0.25) is 0 Å². The Morgan fingerprint density at radius 3 is 2.50 bits per heavy atom. The molecule has 0 heterocycles. The minimum Gasteiger partial charge on any atom is -0.393 e. The average Bonchev–Trinajstić information content (AvgIpc) is 1.95. The van der Waals surface area contributed by atoms with E-state index in [9.17, 15) is 5.11 Å². The van der Waals surface area contributed by atoms with Crippen LogP contribution in [0.2, 0.25) is 0 Å². The molecule has 0 amide bonds. The van der Waals surface area contributed by atoms with E-state index < -0.39 is 0 Å². The molecule has 0 aromatic rings. The molecule has 12 heavy (non-hydrogen) atoms. The van der Waals surface area contributed by atoms with Crippen LogP contribution in [0.1, 0.15) is 26.7 Å². The number of aliphatic hydroxyl groups is 1. The zero-order valence-corrected chi connectivity index (χ0v) is 8.73. The fourth-order valence-electron chi connectivity index (χ4n) is 1.49. The molecule has 1 aliphatic rings. The summed E-state index contributed by atoms with van der Waals surface area (Å²) >= 11 is 1.94. The first-order valence-corrected chi connectivity index (χ1v) is 5.58. The Kier molecular flexibility index (Phi) is 3.44. The van der Waals surface area contributed by atoms with Crippen LogP contribution in [0.5, 0.6) is 0 Å². The molecule has 0 atom stereocenters. The van der Waals surface area contributed by atoms with Crippen LogP contribution >= 0.6 is 11.8 Å². The van der Waals surface area contributed by atoms with Crippen molar-refractivity contribution in [3.63, 3.8) is 0 Å². The molecule has 1 aliphatic carbocycles. The van der Waals surface area contributed by atoms with Crippen LogP contribution in [0.15, 0.2) is 0 Å². The van der Waals surface area contributed by atoms with Gasteiger partial charge in [-0.2, -0.15) is 11.8 Å². The molecule has 72 valence electrons. The van der Waals surface area contributed by atoms with E-state index in [0.29, 0.717) is 6.54 Å². The van der Waals surface area contributed by atoms with Crippen LogP contribution in [0.25, 0.3) is 0 Å². The third-order valence-corrected chi connectivity index (χ3v) is 4.26. The number of rotatable bonds is 4. The Hall–Kier alpha value is 0.270. The molecule has 0 spiro atoms. The second kappa shape index (κ2) is 3.99. The summed E-state index contributed by atoms with van der Waals surface area (Å²) in [4.78, 5) is 0. The van der Waals surface area contributed by atoms with Crippen molar-refractivity contribution in [1.29, 1.82) is 0 Å². The van der Waals surface area contributed by atoms with E-state index in [4.69, 9.17) is 5.73 Å². The first kappa shape index (κ1) is 10.4. The van der Waals surface area contributed by atoms with E-state index in [2.05, 4.69) is 13.8 Å². The first-order chi connectivity index (χ1) is 5.58. The molecule has 2 nitrogen and oxygen atoms in total. The standard InChI is InChI=1S/C9H19NOS/c1-7(2)5-12-9(6-10)3-8(11)4-9/h7-8,11H,3-6,10H2,1-2H3. The topological polar surface area (TPSA) is 46.2 Å². The Balaban J connectivity index is 2.27. The molecule has 0 aromatic heterocycles. The molecule has 1 rings (SSSR count). The van der Waals surface area contributed by atoms with Crippen LogP contribution in [0.3, 0.4) is 0 Å². The number of aliphatic hydroxyl groups excluding tert-OH is 1. The van der Waals surface area contributed by atoms with Crippen LogP contribution < -0.4 is 5.73 Å². The van der Waals surface area contributed by atoms with Crippen molar-refractivity contribution in [3.05, 3.63) is 0 Å². The third kappa shape index (κ3) is 2.38. The smallest absolute Gasteiger partial charge is 0.0567 e. The highest BCUT2D eigenvalue weighted by Gasteiger charge is 2.42. The number of hydrogen-bond donors (Lipinski definition) is 2. The molecular weight excluding hydrogens is 170 g/mol. The summed E-state index contributed by atoms with van der Waals surface area (Å²) < 4.78 is 0.212. The van der Waals surface area contributed by atoms with E-state index in [1.165, 1.54) is 0 Å². The summed E-state index contributed by atoms with van der Waals surface area (Å²) in [5, 5.41) is 9.21. The van der Waals surface area contributed by atoms with Gasteiger partial charge in [0.25, 0.3) is 0 Å². The van der Waals surface area contributed by atoms with E-state index in [1.807, 2.05) is 11.8 Å². The van der Waals surface area contributed by atoms with Gasteiger partial charge < -0.3 is 10.8 Å². The predicted molar refractivity (Wildman–Crippen MR) is 54.3 cm³/mol. The Bertz CT molecular complexity index is 143. The molecule has 3 heteroatoms. The molecule has 0 unspecified atom stereocenters. The zero-order chi connectivity index (χ0) is 9.19. The van der Waals surface area contributed by atoms with Crippen LogP contribution in [-0.4, -0.2) is 28.3 Å². The Labute approximate surface area is 78.9 Å². The maximum absolute atomic E-state index is 9.21. The van der Waals surface area contributed by atoms with Gasteiger partial charge in [0.1, 0.15) is 0 Å². The van der Waals surface area contributed by atoms with Crippen molar-refractivity contribution in [2.75, 3.05) is 12.3 Å². The van der Waals surface area contributed by atoms with Gasteiger partial charge in [-0.1, -0.05) is 13.8 Å². The Morgan fingerprint density at radius 1 is 1.58 bits per heavy atom. The molecule has 0 aromatic carbocycles. The number of thioether (sulfide) groups is 1. The molecule has 1 saturated carbocycles. The van der Waals surface area contributed by atoms with Gasteiger partial charge in [-0.05, 0) is 24.5 Å². The second-order valence-corrected chi connectivity index (χ2v) is 5.64. The lowest BCUT2D eigenvalue weighted by Crippen LogP contribution is -2.50. The van der Waals surface area contributed by atoms with Crippen molar-refractivity contribution >= 4 is 11.8 Å². The fraction of sp³-hybridized carbons (Fsp3) is 1.00. The number of hydrogen-bond acceptors (Lipinski definition) is 3. The van der Waals surface area contributed by atoms with Crippen molar-refractivity contribution in [1.82, 2.24) is 0 Å². The van der Waals surface area contributed by atoms with E-state index >= 15 is 0 Å². The quantitative estimate of drug-likeness (QED) is 0.699. The van der Waals surface area contributed by atoms with Gasteiger partial charge in [0, 0.05) is 11.3 Å². The van der Waals surface area contributed by atoms with Crippen molar-refractivity contribution in [2.24, 2.45) is 11.7 Å². The summed E-state index contributed by atoms with van der Waals surface area (Å²) in [6, 6.07) is 0. The second-order valence-electron chi connectivity index (χ2n) is 4.15. The highest BCUT2D eigenvalue weighted by molar-refractivity contribution is 8.00. The van der Waals surface area contributed by atoms with Crippen LogP contribution in [0.4, 0.5) is 0 Å². The van der Waals surface area contributed by atoms with Crippen molar-refractivity contribution in [2.45, 2.75) is 37.5 Å². The maximum Gasteiger partial charge on any atom is 0.0567 e. The molecule has 0 aliphatic heterocycles. The monoisotopic (exact) mass is 189 g/mol. The normalized spacial score (nSPS) is 35.2. The van der Waals surface area contributed by atoms with Crippen LogP contribution in [-0.2, 0) is 0 Å². The molecule has 3 N–H and O–H groups in total. The fourth-order valence-corrected chi connectivity index (χ4v) is 2.91. The van der Waals surface area contributed by atoms with Gasteiger partial charge in [-0.25, -0.2) is 0 Å². The molecule has 1 fully saturated rings. The zero-order valence-electron chi connectivity index (χ0n) is 7.92. The average molecular weight is 189 g/mol. The lowest BCUT2D eigenvalue weighted by Gasteiger charge is -2.44. The summed E-state index contributed by atoms with van der Waals surface area (Å²) in [6.07, 6.45) is 1.69. The van der Waals surface area contributed by atoms with E-state index in [0.717, 1.165) is 24.5 Å². The highest BCUT2D eigenvalue weighted by atomic mass is 32.2. The van der Waals surface area contributed by atoms with Crippen molar-refractivity contribution < 1.29 is 5.11 Å². The van der Waals surface area contributed by atoms with Gasteiger partial charge in [0.15, 0.2) is 0 Å². The van der Waals surface area contributed by atoms with E-state index in [1.54, 1.807) is 0 Å². The van der Waals surface area contributed by atoms with Gasteiger partial charge >= 0.3 is 0 Å². The minimum absolute atomic E-state index is 0.0896. The molecule has 0 bridgehead atoms. The molecule has 0 radical (unpaired) electrons. The first-order valence-electron chi connectivity index (χ1n) is 4.60. The van der Waals surface area contributed by atoms with Crippen molar-refractivity contribution in [3.8, 4) is 0 Å². The summed E-state index contributed by atoms with van der Waals surface area (Å²) in [5.41, 5.74) is 5.69. The maximum atomic E-state index is 9.21. The van der Waals surface area contributed by atoms with Gasteiger partial charge in [0.05, 0.1) is 6.10 Å². The lowest BCUT2D eigenvalue weighted by molar-refractivity contribution is 0.0643. The molecular formula is C9H19NOS. The van der Waals surface area contributed by atoms with Gasteiger partial charge in [0.2, 0.25) is 0 Å². The molecule has 0 saturated heterocycles. The Morgan fingerprint density at radius 2 is 2.17 bits per heavy atom. The summed E-state index contributed by atoms with van der Waals surface area (Å²) in [7, 11) is 0. The van der Waals surface area contributed by atoms with E-state index in [-0.39, 0.29) is 10.9 Å².